The van der Waals surface area contributed by atoms with Crippen LogP contribution in [0.3, 0.4) is 0 Å². The first kappa shape index (κ1) is 15.9. The largest absolute Gasteiger partial charge is 0.493 e. The Morgan fingerprint density at radius 1 is 1.18 bits per heavy atom. The average Bonchev–Trinajstić information content (AvgIpc) is 2.59. The molecule has 116 valence electrons. The Morgan fingerprint density at radius 3 is 2.45 bits per heavy atom. The van der Waals surface area contributed by atoms with Crippen LogP contribution in [-0.2, 0) is 4.79 Å². The Balaban J connectivity index is 2.24. The zero-order valence-corrected chi connectivity index (χ0v) is 13.0. The van der Waals surface area contributed by atoms with E-state index in [2.05, 4.69) is 0 Å². The lowest BCUT2D eigenvalue weighted by atomic mass is 10.1. The summed E-state index contributed by atoms with van der Waals surface area (Å²) >= 11 is 0. The van der Waals surface area contributed by atoms with Crippen molar-refractivity contribution in [3.63, 3.8) is 0 Å². The highest BCUT2D eigenvalue weighted by atomic mass is 16.5. The lowest BCUT2D eigenvalue weighted by molar-refractivity contribution is -0.127. The Bertz CT molecular complexity index is 611. The maximum atomic E-state index is 12.4. The number of likely N-dealkylation sites (tertiary alicyclic amines) is 1. The smallest absolute Gasteiger partial charge is 0.264 e. The van der Waals surface area contributed by atoms with Crippen molar-refractivity contribution in [2.45, 2.75) is 19.3 Å². The number of rotatable bonds is 4. The fourth-order valence-electron chi connectivity index (χ4n) is 2.52. The van der Waals surface area contributed by atoms with E-state index in [1.165, 1.54) is 0 Å². The highest BCUT2D eigenvalue weighted by Crippen LogP contribution is 2.28. The lowest BCUT2D eigenvalue weighted by Gasteiger charge is -2.26. The number of hydrogen-bond donors (Lipinski definition) is 0. The molecule has 0 aliphatic carbocycles. The molecule has 1 fully saturated rings. The van der Waals surface area contributed by atoms with Gasteiger partial charge in [-0.15, -0.1) is 0 Å². The van der Waals surface area contributed by atoms with Crippen molar-refractivity contribution in [3.8, 4) is 17.6 Å². The van der Waals surface area contributed by atoms with Crippen molar-refractivity contribution >= 4 is 12.0 Å². The molecule has 1 aliphatic heterocycles. The monoisotopic (exact) mass is 300 g/mol. The van der Waals surface area contributed by atoms with Crippen LogP contribution >= 0.6 is 0 Å². The molecule has 1 amide bonds. The van der Waals surface area contributed by atoms with E-state index in [-0.39, 0.29) is 11.5 Å². The minimum atomic E-state index is -0.197. The number of piperidine rings is 1. The van der Waals surface area contributed by atoms with E-state index in [1.807, 2.05) is 6.07 Å². The molecule has 0 atom stereocenters. The van der Waals surface area contributed by atoms with Gasteiger partial charge in [0.2, 0.25) is 0 Å². The molecular weight excluding hydrogens is 280 g/mol. The molecule has 0 bridgehead atoms. The SMILES string of the molecule is COc1ccc(C=C(C#N)C(=O)N2CCCCC2)cc1OC. The Hall–Kier alpha value is -2.48. The van der Waals surface area contributed by atoms with Gasteiger partial charge in [0, 0.05) is 13.1 Å². The maximum absolute atomic E-state index is 12.4. The highest BCUT2D eigenvalue weighted by molar-refractivity contribution is 6.01. The van der Waals surface area contributed by atoms with Crippen LogP contribution in [0, 0.1) is 11.3 Å². The van der Waals surface area contributed by atoms with E-state index in [0.29, 0.717) is 11.5 Å². The molecule has 0 saturated carbocycles. The van der Waals surface area contributed by atoms with Gasteiger partial charge in [-0.25, -0.2) is 0 Å². The van der Waals surface area contributed by atoms with Crippen molar-refractivity contribution in [1.82, 2.24) is 4.90 Å². The molecule has 2 rings (SSSR count). The summed E-state index contributed by atoms with van der Waals surface area (Å²) in [6.45, 7) is 1.45. The lowest BCUT2D eigenvalue weighted by Crippen LogP contribution is -2.36. The number of amides is 1. The highest BCUT2D eigenvalue weighted by Gasteiger charge is 2.20. The molecule has 0 spiro atoms. The molecule has 0 radical (unpaired) electrons. The van der Waals surface area contributed by atoms with Crippen LogP contribution in [0.25, 0.3) is 6.08 Å². The van der Waals surface area contributed by atoms with E-state index in [9.17, 15) is 10.1 Å². The number of methoxy groups -OCH3 is 2. The molecular formula is C17H20N2O3. The zero-order valence-electron chi connectivity index (χ0n) is 13.0. The molecule has 5 nitrogen and oxygen atoms in total. The van der Waals surface area contributed by atoms with Gasteiger partial charge in [-0.05, 0) is 43.0 Å². The predicted octanol–water partition coefficient (Wildman–Crippen LogP) is 2.62. The van der Waals surface area contributed by atoms with Crippen LogP contribution in [-0.4, -0.2) is 38.1 Å². The molecule has 1 aromatic carbocycles. The molecule has 0 unspecified atom stereocenters. The number of carbonyl (C=O) groups is 1. The number of nitriles is 1. The van der Waals surface area contributed by atoms with Crippen molar-refractivity contribution in [2.75, 3.05) is 27.3 Å². The van der Waals surface area contributed by atoms with Crippen molar-refractivity contribution < 1.29 is 14.3 Å². The average molecular weight is 300 g/mol. The second-order valence-corrected chi connectivity index (χ2v) is 5.14. The number of benzene rings is 1. The van der Waals surface area contributed by atoms with E-state index < -0.39 is 0 Å². The molecule has 1 heterocycles. The second kappa shape index (κ2) is 7.51. The van der Waals surface area contributed by atoms with Gasteiger partial charge in [0.25, 0.3) is 5.91 Å². The summed E-state index contributed by atoms with van der Waals surface area (Å²) < 4.78 is 10.4. The topological polar surface area (TPSA) is 62.6 Å². The van der Waals surface area contributed by atoms with Crippen molar-refractivity contribution in [2.24, 2.45) is 0 Å². The molecule has 22 heavy (non-hydrogen) atoms. The van der Waals surface area contributed by atoms with Crippen molar-refractivity contribution in [1.29, 1.82) is 5.26 Å². The van der Waals surface area contributed by atoms with E-state index in [1.54, 1.807) is 43.4 Å². The Labute approximate surface area is 130 Å². The fraction of sp³-hybridized carbons (Fsp3) is 0.412. The first-order chi connectivity index (χ1) is 10.7. The van der Waals surface area contributed by atoms with Gasteiger partial charge in [0.1, 0.15) is 11.6 Å². The first-order valence-corrected chi connectivity index (χ1v) is 7.32. The van der Waals surface area contributed by atoms with Gasteiger partial charge < -0.3 is 14.4 Å². The maximum Gasteiger partial charge on any atom is 0.264 e. The van der Waals surface area contributed by atoms with Gasteiger partial charge in [-0.1, -0.05) is 6.07 Å². The number of ether oxygens (including phenoxy) is 2. The molecule has 1 aliphatic rings. The molecule has 0 N–H and O–H groups in total. The van der Waals surface area contributed by atoms with E-state index in [4.69, 9.17) is 9.47 Å². The van der Waals surface area contributed by atoms with Crippen LogP contribution in [0.5, 0.6) is 11.5 Å². The molecule has 1 saturated heterocycles. The summed E-state index contributed by atoms with van der Waals surface area (Å²) in [5.74, 6) is 0.983. The van der Waals surface area contributed by atoms with Crippen molar-refractivity contribution in [3.05, 3.63) is 29.3 Å². The third kappa shape index (κ3) is 3.59. The summed E-state index contributed by atoms with van der Waals surface area (Å²) in [7, 11) is 3.11. The van der Waals surface area contributed by atoms with Gasteiger partial charge in [0.05, 0.1) is 14.2 Å². The van der Waals surface area contributed by atoms with Gasteiger partial charge in [-0.3, -0.25) is 4.79 Å². The normalized spacial score (nSPS) is 15.1. The quantitative estimate of drug-likeness (QED) is 0.633. The van der Waals surface area contributed by atoms with E-state index >= 15 is 0 Å². The minimum Gasteiger partial charge on any atom is -0.493 e. The number of hydrogen-bond acceptors (Lipinski definition) is 4. The summed E-state index contributed by atoms with van der Waals surface area (Å²) in [4.78, 5) is 14.1. The summed E-state index contributed by atoms with van der Waals surface area (Å²) in [6, 6.07) is 7.31. The number of carbonyl (C=O) groups excluding carboxylic acids is 1. The van der Waals surface area contributed by atoms with Crippen LogP contribution < -0.4 is 9.47 Å². The van der Waals surface area contributed by atoms with Gasteiger partial charge >= 0.3 is 0 Å². The summed E-state index contributed by atoms with van der Waals surface area (Å²) in [6.07, 6.45) is 4.74. The predicted molar refractivity (Wildman–Crippen MR) is 83.6 cm³/mol. The van der Waals surface area contributed by atoms with Crippen LogP contribution in [0.1, 0.15) is 24.8 Å². The zero-order chi connectivity index (χ0) is 15.9. The fourth-order valence-corrected chi connectivity index (χ4v) is 2.52. The van der Waals surface area contributed by atoms with Gasteiger partial charge in [0.15, 0.2) is 11.5 Å². The van der Waals surface area contributed by atoms with Gasteiger partial charge in [-0.2, -0.15) is 5.26 Å². The molecule has 0 aromatic heterocycles. The third-order valence-corrected chi connectivity index (χ3v) is 3.71. The third-order valence-electron chi connectivity index (χ3n) is 3.71. The first-order valence-electron chi connectivity index (χ1n) is 7.32. The summed E-state index contributed by atoms with van der Waals surface area (Å²) in [5.41, 5.74) is 0.883. The second-order valence-electron chi connectivity index (χ2n) is 5.14. The summed E-state index contributed by atoms with van der Waals surface area (Å²) in [5, 5.41) is 9.29. The molecule has 5 heteroatoms. The van der Waals surface area contributed by atoms with E-state index in [0.717, 1.165) is 37.9 Å². The Kier molecular flexibility index (Phi) is 5.42. The Morgan fingerprint density at radius 2 is 1.86 bits per heavy atom. The van der Waals surface area contributed by atoms with Crippen LogP contribution in [0.15, 0.2) is 23.8 Å². The minimum absolute atomic E-state index is 0.147. The number of nitrogens with zero attached hydrogens (tertiary/aromatic N) is 2. The van der Waals surface area contributed by atoms with Crippen LogP contribution in [0.2, 0.25) is 0 Å². The standard InChI is InChI=1S/C17H20N2O3/c1-21-15-7-6-13(11-16(15)22-2)10-14(12-18)17(20)19-8-4-3-5-9-19/h6-7,10-11H,3-5,8-9H2,1-2H3. The molecule has 1 aromatic rings. The van der Waals surface area contributed by atoms with Crippen LogP contribution in [0.4, 0.5) is 0 Å².